The van der Waals surface area contributed by atoms with E-state index in [9.17, 15) is 4.79 Å². The molecule has 15 heavy (non-hydrogen) atoms. The summed E-state index contributed by atoms with van der Waals surface area (Å²) in [7, 11) is 0. The number of H-pyrrole nitrogens is 1. The van der Waals surface area contributed by atoms with Gasteiger partial charge < -0.3 is 13.9 Å². The van der Waals surface area contributed by atoms with Crippen molar-refractivity contribution < 1.29 is 13.9 Å². The van der Waals surface area contributed by atoms with E-state index in [2.05, 4.69) is 4.98 Å². The number of hydrogen-bond donors (Lipinski definition) is 1. The molecule has 0 spiro atoms. The minimum absolute atomic E-state index is 0.326. The van der Waals surface area contributed by atoms with E-state index in [1.807, 2.05) is 6.07 Å². The van der Waals surface area contributed by atoms with Crippen molar-refractivity contribution in [2.75, 3.05) is 13.2 Å². The van der Waals surface area contributed by atoms with E-state index in [1.54, 1.807) is 12.1 Å². The molecule has 5 heteroatoms. The Kier molecular flexibility index (Phi) is 1.87. The summed E-state index contributed by atoms with van der Waals surface area (Å²) in [6.45, 7) is 1.20. The van der Waals surface area contributed by atoms with Gasteiger partial charge in [0.25, 0.3) is 0 Å². The van der Waals surface area contributed by atoms with Crippen LogP contribution in [0.5, 0.6) is 0 Å². The molecule has 1 fully saturated rings. The van der Waals surface area contributed by atoms with Gasteiger partial charge in [0.15, 0.2) is 11.9 Å². The Hall–Kier alpha value is -1.59. The number of fused-ring (bicyclic) bond motifs is 1. The Morgan fingerprint density at radius 2 is 2.07 bits per heavy atom. The number of ether oxygens (including phenoxy) is 2. The van der Waals surface area contributed by atoms with Gasteiger partial charge in [-0.05, 0) is 12.1 Å². The number of rotatable bonds is 1. The molecule has 1 aliphatic rings. The van der Waals surface area contributed by atoms with Crippen molar-refractivity contribution in [2.45, 2.75) is 6.29 Å². The average Bonchev–Trinajstić information content (AvgIpc) is 2.82. The van der Waals surface area contributed by atoms with Gasteiger partial charge >= 0.3 is 5.76 Å². The van der Waals surface area contributed by atoms with Crippen LogP contribution in [0.15, 0.2) is 27.4 Å². The van der Waals surface area contributed by atoms with Crippen LogP contribution >= 0.6 is 0 Å². The molecule has 78 valence electrons. The second-order valence-electron chi connectivity index (χ2n) is 3.34. The highest BCUT2D eigenvalue weighted by Crippen LogP contribution is 2.25. The Bertz CT molecular complexity index is 536. The maximum atomic E-state index is 10.9. The SMILES string of the molecule is O=c1[nH]c2cc(C3OCCO3)ccc2o1. The van der Waals surface area contributed by atoms with Crippen LogP contribution in [0.25, 0.3) is 11.1 Å². The molecule has 1 saturated heterocycles. The van der Waals surface area contributed by atoms with Crippen molar-refractivity contribution in [3.05, 3.63) is 34.3 Å². The first-order valence-electron chi connectivity index (χ1n) is 4.69. The first-order chi connectivity index (χ1) is 7.33. The Balaban J connectivity index is 2.08. The summed E-state index contributed by atoms with van der Waals surface area (Å²) in [5.41, 5.74) is 2.09. The number of benzene rings is 1. The number of aromatic nitrogens is 1. The van der Waals surface area contributed by atoms with Gasteiger partial charge in [0, 0.05) is 5.56 Å². The summed E-state index contributed by atoms with van der Waals surface area (Å²) >= 11 is 0. The third-order valence-electron chi connectivity index (χ3n) is 2.34. The van der Waals surface area contributed by atoms with E-state index >= 15 is 0 Å². The van der Waals surface area contributed by atoms with Gasteiger partial charge in [0.05, 0.1) is 18.7 Å². The molecule has 2 heterocycles. The minimum atomic E-state index is -0.449. The molecule has 1 aromatic heterocycles. The van der Waals surface area contributed by atoms with E-state index in [0.717, 1.165) is 5.56 Å². The van der Waals surface area contributed by atoms with Crippen LogP contribution in [0, 0.1) is 0 Å². The summed E-state index contributed by atoms with van der Waals surface area (Å²) in [4.78, 5) is 13.5. The van der Waals surface area contributed by atoms with Crippen molar-refractivity contribution in [1.29, 1.82) is 0 Å². The quantitative estimate of drug-likeness (QED) is 0.762. The Morgan fingerprint density at radius 1 is 1.27 bits per heavy atom. The Morgan fingerprint density at radius 3 is 2.87 bits per heavy atom. The fourth-order valence-corrected chi connectivity index (χ4v) is 1.67. The monoisotopic (exact) mass is 207 g/mol. The highest BCUT2D eigenvalue weighted by Gasteiger charge is 2.18. The predicted octanol–water partition coefficient (Wildman–Crippen LogP) is 1.17. The van der Waals surface area contributed by atoms with Crippen LogP contribution in [0.1, 0.15) is 11.9 Å². The van der Waals surface area contributed by atoms with Crippen LogP contribution in [0.2, 0.25) is 0 Å². The zero-order valence-corrected chi connectivity index (χ0v) is 7.86. The highest BCUT2D eigenvalue weighted by atomic mass is 16.7. The van der Waals surface area contributed by atoms with Gasteiger partial charge in [0.1, 0.15) is 0 Å². The van der Waals surface area contributed by atoms with Gasteiger partial charge in [-0.3, -0.25) is 4.98 Å². The molecule has 3 rings (SSSR count). The molecule has 1 aliphatic heterocycles. The molecular weight excluding hydrogens is 198 g/mol. The molecule has 0 unspecified atom stereocenters. The van der Waals surface area contributed by atoms with Crippen LogP contribution in [0.3, 0.4) is 0 Å². The lowest BCUT2D eigenvalue weighted by molar-refractivity contribution is -0.0440. The lowest BCUT2D eigenvalue weighted by Crippen LogP contribution is -1.97. The second kappa shape index (κ2) is 3.22. The molecular formula is C10H9NO4. The minimum Gasteiger partial charge on any atom is -0.408 e. The topological polar surface area (TPSA) is 64.5 Å². The number of oxazole rings is 1. The first kappa shape index (κ1) is 8.70. The smallest absolute Gasteiger partial charge is 0.408 e. The standard InChI is InChI=1S/C10H9NO4/c12-10-11-7-5-6(1-2-8(7)15-10)9-13-3-4-14-9/h1-2,5,9H,3-4H2,(H,11,12). The second-order valence-corrected chi connectivity index (χ2v) is 3.34. The Labute approximate surface area is 84.6 Å². The van der Waals surface area contributed by atoms with Crippen molar-refractivity contribution in [3.8, 4) is 0 Å². The lowest BCUT2D eigenvalue weighted by atomic mass is 10.2. The molecule has 1 aromatic carbocycles. The van der Waals surface area contributed by atoms with Gasteiger partial charge in [-0.1, -0.05) is 6.07 Å². The fraction of sp³-hybridized carbons (Fsp3) is 0.300. The largest absolute Gasteiger partial charge is 0.417 e. The van der Waals surface area contributed by atoms with E-state index in [1.165, 1.54) is 0 Å². The van der Waals surface area contributed by atoms with Gasteiger partial charge in [0.2, 0.25) is 0 Å². The van der Waals surface area contributed by atoms with Crippen LogP contribution in [-0.4, -0.2) is 18.2 Å². The molecule has 0 amide bonds. The first-order valence-corrected chi connectivity index (χ1v) is 4.69. The number of nitrogens with one attached hydrogen (secondary N) is 1. The third-order valence-corrected chi connectivity index (χ3v) is 2.34. The molecule has 2 aromatic rings. The third kappa shape index (κ3) is 1.45. The zero-order chi connectivity index (χ0) is 10.3. The normalized spacial score (nSPS) is 17.6. The van der Waals surface area contributed by atoms with Crippen molar-refractivity contribution in [3.63, 3.8) is 0 Å². The van der Waals surface area contributed by atoms with Gasteiger partial charge in [-0.25, -0.2) is 4.79 Å². The summed E-state index contributed by atoms with van der Waals surface area (Å²) in [6.07, 6.45) is -0.326. The van der Waals surface area contributed by atoms with Crippen LogP contribution in [0.4, 0.5) is 0 Å². The van der Waals surface area contributed by atoms with E-state index < -0.39 is 5.76 Å². The average molecular weight is 207 g/mol. The van der Waals surface area contributed by atoms with Crippen molar-refractivity contribution in [2.24, 2.45) is 0 Å². The van der Waals surface area contributed by atoms with E-state index in [-0.39, 0.29) is 6.29 Å². The van der Waals surface area contributed by atoms with E-state index in [4.69, 9.17) is 13.9 Å². The fourth-order valence-electron chi connectivity index (χ4n) is 1.67. The summed E-state index contributed by atoms with van der Waals surface area (Å²) in [5.74, 6) is -0.449. The maximum absolute atomic E-state index is 10.9. The lowest BCUT2D eigenvalue weighted by Gasteiger charge is -2.08. The molecule has 0 saturated carbocycles. The summed E-state index contributed by atoms with van der Waals surface area (Å²) in [5, 5.41) is 0. The summed E-state index contributed by atoms with van der Waals surface area (Å²) < 4.78 is 15.6. The van der Waals surface area contributed by atoms with Crippen molar-refractivity contribution in [1.82, 2.24) is 4.98 Å². The van der Waals surface area contributed by atoms with E-state index in [0.29, 0.717) is 24.3 Å². The van der Waals surface area contributed by atoms with Gasteiger partial charge in [-0.15, -0.1) is 0 Å². The molecule has 5 nitrogen and oxygen atoms in total. The molecule has 0 bridgehead atoms. The zero-order valence-electron chi connectivity index (χ0n) is 7.86. The molecule has 1 N–H and O–H groups in total. The predicted molar refractivity (Wildman–Crippen MR) is 51.5 cm³/mol. The summed E-state index contributed by atoms with van der Waals surface area (Å²) in [6, 6.07) is 5.36. The van der Waals surface area contributed by atoms with Crippen LogP contribution < -0.4 is 5.76 Å². The number of aromatic amines is 1. The maximum Gasteiger partial charge on any atom is 0.417 e. The molecule has 0 aliphatic carbocycles. The molecule has 0 radical (unpaired) electrons. The van der Waals surface area contributed by atoms with Crippen molar-refractivity contribution >= 4 is 11.1 Å². The molecule has 0 atom stereocenters. The van der Waals surface area contributed by atoms with Crippen LogP contribution in [-0.2, 0) is 9.47 Å². The number of hydrogen-bond acceptors (Lipinski definition) is 4. The highest BCUT2D eigenvalue weighted by molar-refractivity contribution is 5.72. The van der Waals surface area contributed by atoms with Gasteiger partial charge in [-0.2, -0.15) is 0 Å².